The van der Waals surface area contributed by atoms with E-state index in [1.165, 1.54) is 12.2 Å². The van der Waals surface area contributed by atoms with Crippen molar-refractivity contribution >= 4 is 0 Å². The second-order valence-corrected chi connectivity index (χ2v) is 1.83. The molecule has 0 fully saturated rings. The summed E-state index contributed by atoms with van der Waals surface area (Å²) in [6.45, 7) is 1.43. The summed E-state index contributed by atoms with van der Waals surface area (Å²) in [5.74, 6) is 0. The first-order chi connectivity index (χ1) is 5.91. The first kappa shape index (κ1) is 10.1. The van der Waals surface area contributed by atoms with Crippen LogP contribution in [0.1, 0.15) is 0 Å². The maximum Gasteiger partial charge on any atom is 0.0927 e. The third-order valence-corrected chi connectivity index (χ3v) is 0.965. The van der Waals surface area contributed by atoms with Crippen LogP contribution in [0.25, 0.3) is 0 Å². The summed E-state index contributed by atoms with van der Waals surface area (Å²) < 4.78 is 0. The van der Waals surface area contributed by atoms with Gasteiger partial charge in [0.25, 0.3) is 0 Å². The molecule has 0 unspecified atom stereocenters. The lowest BCUT2D eigenvalue weighted by Gasteiger charge is -1.98. The minimum Gasteiger partial charge on any atom is -0.389 e. The number of nitrogens with zero attached hydrogens (tertiary/aromatic N) is 2. The van der Waals surface area contributed by atoms with Gasteiger partial charge < -0.3 is 10.6 Å². The van der Waals surface area contributed by atoms with Crippen molar-refractivity contribution in [1.29, 1.82) is 10.5 Å². The van der Waals surface area contributed by atoms with E-state index in [2.05, 4.69) is 10.6 Å². The van der Waals surface area contributed by atoms with Crippen LogP contribution in [0.2, 0.25) is 0 Å². The fourth-order valence-electron chi connectivity index (χ4n) is 0.503. The van der Waals surface area contributed by atoms with E-state index in [0.29, 0.717) is 13.1 Å². The maximum absolute atomic E-state index is 8.10. The molecular weight excluding hydrogens is 152 g/mol. The molecule has 0 aromatic heterocycles. The number of nitriles is 2. The van der Waals surface area contributed by atoms with Gasteiger partial charge in [0.05, 0.1) is 12.1 Å². The average molecular weight is 162 g/mol. The molecular formula is C8H10N4. The molecule has 62 valence electrons. The Labute approximate surface area is 71.8 Å². The van der Waals surface area contributed by atoms with E-state index in [1.807, 2.05) is 12.1 Å². The molecule has 0 atom stereocenters. The average Bonchev–Trinajstić information content (AvgIpc) is 2.10. The van der Waals surface area contributed by atoms with Gasteiger partial charge in [-0.1, -0.05) is 0 Å². The lowest BCUT2D eigenvalue weighted by molar-refractivity contribution is 0.767. The van der Waals surface area contributed by atoms with Crippen molar-refractivity contribution in [2.75, 3.05) is 13.1 Å². The van der Waals surface area contributed by atoms with E-state index >= 15 is 0 Å². The van der Waals surface area contributed by atoms with E-state index in [1.54, 1.807) is 12.4 Å². The first-order valence-corrected chi connectivity index (χ1v) is 3.48. The molecule has 2 N–H and O–H groups in total. The van der Waals surface area contributed by atoms with Crippen molar-refractivity contribution in [2.45, 2.75) is 0 Å². The van der Waals surface area contributed by atoms with E-state index in [-0.39, 0.29) is 0 Å². The molecule has 12 heavy (non-hydrogen) atoms. The Morgan fingerprint density at radius 3 is 1.67 bits per heavy atom. The number of rotatable bonds is 5. The predicted octanol–water partition coefficient (Wildman–Crippen LogP) is 0.240. The predicted molar refractivity (Wildman–Crippen MR) is 45.5 cm³/mol. The van der Waals surface area contributed by atoms with Crippen molar-refractivity contribution in [3.05, 3.63) is 24.6 Å². The van der Waals surface area contributed by atoms with Gasteiger partial charge in [0, 0.05) is 37.6 Å². The third kappa shape index (κ3) is 8.06. The van der Waals surface area contributed by atoms with Crippen LogP contribution in [-0.2, 0) is 0 Å². The van der Waals surface area contributed by atoms with E-state index < -0.39 is 0 Å². The summed E-state index contributed by atoms with van der Waals surface area (Å²) in [6.07, 6.45) is 5.89. The highest BCUT2D eigenvalue weighted by Gasteiger charge is 1.77. The Balaban J connectivity index is 3.13. The van der Waals surface area contributed by atoms with Gasteiger partial charge in [0.2, 0.25) is 0 Å². The van der Waals surface area contributed by atoms with Crippen molar-refractivity contribution in [1.82, 2.24) is 10.6 Å². The highest BCUT2D eigenvalue weighted by atomic mass is 14.9. The van der Waals surface area contributed by atoms with Crippen LogP contribution >= 0.6 is 0 Å². The lowest BCUT2D eigenvalue weighted by Crippen LogP contribution is -2.20. The minimum atomic E-state index is 0.716. The molecule has 0 aliphatic carbocycles. The van der Waals surface area contributed by atoms with Gasteiger partial charge >= 0.3 is 0 Å². The van der Waals surface area contributed by atoms with Crippen LogP contribution < -0.4 is 10.6 Å². The highest BCUT2D eigenvalue weighted by Crippen LogP contribution is 1.65. The second-order valence-electron chi connectivity index (χ2n) is 1.83. The highest BCUT2D eigenvalue weighted by molar-refractivity contribution is 5.01. The largest absolute Gasteiger partial charge is 0.389 e. The second kappa shape index (κ2) is 9.06. The fraction of sp³-hybridized carbons (Fsp3) is 0.250. The summed E-state index contributed by atoms with van der Waals surface area (Å²) in [7, 11) is 0. The van der Waals surface area contributed by atoms with Gasteiger partial charge in [0.15, 0.2) is 0 Å². The van der Waals surface area contributed by atoms with Crippen LogP contribution in [0.3, 0.4) is 0 Å². The van der Waals surface area contributed by atoms with E-state index in [9.17, 15) is 0 Å². The molecule has 0 bridgehead atoms. The van der Waals surface area contributed by atoms with Gasteiger partial charge in [0.1, 0.15) is 0 Å². The molecule has 0 aromatic rings. The Morgan fingerprint density at radius 2 is 1.33 bits per heavy atom. The molecule has 0 aliphatic heterocycles. The number of hydrogen-bond acceptors (Lipinski definition) is 4. The van der Waals surface area contributed by atoms with Gasteiger partial charge in [-0.2, -0.15) is 10.5 Å². The van der Waals surface area contributed by atoms with Crippen molar-refractivity contribution in [2.24, 2.45) is 0 Å². The minimum absolute atomic E-state index is 0.716. The van der Waals surface area contributed by atoms with Crippen LogP contribution in [0.5, 0.6) is 0 Å². The summed E-state index contributed by atoms with van der Waals surface area (Å²) in [6, 6.07) is 3.72. The quantitative estimate of drug-likeness (QED) is 0.448. The maximum atomic E-state index is 8.10. The zero-order chi connectivity index (χ0) is 9.07. The van der Waals surface area contributed by atoms with Crippen LogP contribution in [-0.4, -0.2) is 13.1 Å². The molecule has 0 saturated heterocycles. The van der Waals surface area contributed by atoms with Crippen molar-refractivity contribution in [3.63, 3.8) is 0 Å². The number of hydrogen-bond donors (Lipinski definition) is 2. The van der Waals surface area contributed by atoms with Gasteiger partial charge in [-0.15, -0.1) is 0 Å². The Hall–Kier alpha value is -1.94. The molecule has 0 heterocycles. The lowest BCUT2D eigenvalue weighted by atomic mass is 10.6. The molecule has 0 amide bonds. The van der Waals surface area contributed by atoms with Gasteiger partial charge in [-0.3, -0.25) is 0 Å². The first-order valence-electron chi connectivity index (χ1n) is 3.48. The third-order valence-electron chi connectivity index (χ3n) is 0.965. The van der Waals surface area contributed by atoms with Gasteiger partial charge in [-0.05, 0) is 0 Å². The zero-order valence-corrected chi connectivity index (χ0v) is 6.62. The molecule has 4 nitrogen and oxygen atoms in total. The van der Waals surface area contributed by atoms with Crippen LogP contribution in [0.4, 0.5) is 0 Å². The van der Waals surface area contributed by atoms with Crippen molar-refractivity contribution in [3.8, 4) is 12.1 Å². The van der Waals surface area contributed by atoms with Gasteiger partial charge in [-0.25, -0.2) is 0 Å². The Morgan fingerprint density at radius 1 is 0.917 bits per heavy atom. The molecule has 4 heteroatoms. The smallest absolute Gasteiger partial charge is 0.0927 e. The standard InChI is InChI=1S/C8H10N4/c9-3-1-5-11-7-8-12-6-2-4-10/h1-2,5-6,11-12H,7-8H2. The monoisotopic (exact) mass is 162 g/mol. The van der Waals surface area contributed by atoms with Crippen LogP contribution in [0, 0.1) is 22.7 Å². The summed E-state index contributed by atoms with van der Waals surface area (Å²) in [5.41, 5.74) is 0. The Bertz CT molecular complexity index is 202. The van der Waals surface area contributed by atoms with Crippen LogP contribution in [0.15, 0.2) is 24.6 Å². The molecule has 0 saturated carbocycles. The summed E-state index contributed by atoms with van der Waals surface area (Å²) in [5, 5.41) is 22.0. The zero-order valence-electron chi connectivity index (χ0n) is 6.62. The fourth-order valence-corrected chi connectivity index (χ4v) is 0.503. The number of nitrogens with one attached hydrogen (secondary N) is 2. The summed E-state index contributed by atoms with van der Waals surface area (Å²) in [4.78, 5) is 0. The topological polar surface area (TPSA) is 71.6 Å². The molecule has 0 spiro atoms. The molecule has 0 aromatic carbocycles. The normalized spacial score (nSPS) is 9.50. The van der Waals surface area contributed by atoms with E-state index in [0.717, 1.165) is 0 Å². The Kier molecular flexibility index (Phi) is 7.60. The molecule has 0 radical (unpaired) electrons. The van der Waals surface area contributed by atoms with Crippen molar-refractivity contribution < 1.29 is 0 Å². The SMILES string of the molecule is N#CC=CNCCNC=CC#N. The summed E-state index contributed by atoms with van der Waals surface area (Å²) >= 11 is 0. The molecule has 0 rings (SSSR count). The van der Waals surface area contributed by atoms with E-state index in [4.69, 9.17) is 10.5 Å². The molecule has 0 aliphatic rings. The number of allylic oxidation sites excluding steroid dienone is 2.